The standard InChI is InChI=1S/C25H26F8N4O3S/c26-16-11-15(12-34-13-16)22(23(39)36-17-7-9-25(27,28)10-8-17)37(24(40)21-6-3-19(38)14-35-21)18-1-4-20(5-2-18)41(29,30,31,32)33/h1-2,4-5,11-13,17,21-22,35H,3,6-10,14H2,(H,36,39). The second-order valence-corrected chi connectivity index (χ2v) is 12.6. The van der Waals surface area contributed by atoms with E-state index in [1.54, 1.807) is 0 Å². The molecule has 1 saturated heterocycles. The van der Waals surface area contributed by atoms with E-state index in [0.29, 0.717) is 17.0 Å². The van der Waals surface area contributed by atoms with Gasteiger partial charge in [-0.15, -0.1) is 0 Å². The summed E-state index contributed by atoms with van der Waals surface area (Å²) in [5, 5.41) is 5.23. The molecule has 7 nitrogen and oxygen atoms in total. The highest BCUT2D eigenvalue weighted by Crippen LogP contribution is 3.02. The van der Waals surface area contributed by atoms with Crippen molar-refractivity contribution < 1.29 is 47.0 Å². The smallest absolute Gasteiger partial charge is 0.310 e. The van der Waals surface area contributed by atoms with Crippen molar-refractivity contribution in [3.63, 3.8) is 0 Å². The Balaban J connectivity index is 1.78. The lowest BCUT2D eigenvalue weighted by Crippen LogP contribution is -2.55. The Morgan fingerprint density at radius 1 is 1.02 bits per heavy atom. The zero-order valence-corrected chi connectivity index (χ0v) is 22.1. The maximum Gasteiger partial charge on any atom is 0.310 e. The molecule has 2 heterocycles. The first-order valence-electron chi connectivity index (χ1n) is 12.5. The molecule has 16 heteroatoms. The predicted octanol–water partition coefficient (Wildman–Crippen LogP) is 5.97. The van der Waals surface area contributed by atoms with Crippen LogP contribution in [0.15, 0.2) is 47.6 Å². The molecule has 226 valence electrons. The number of rotatable bonds is 7. The molecule has 0 bridgehead atoms. The highest BCUT2D eigenvalue weighted by molar-refractivity contribution is 8.45. The van der Waals surface area contributed by atoms with Gasteiger partial charge < -0.3 is 5.32 Å². The van der Waals surface area contributed by atoms with E-state index >= 15 is 0 Å². The first-order valence-corrected chi connectivity index (χ1v) is 14.5. The number of carbonyl (C=O) groups excluding carboxylic acids is 3. The number of anilines is 1. The van der Waals surface area contributed by atoms with Gasteiger partial charge in [0.2, 0.25) is 17.7 Å². The van der Waals surface area contributed by atoms with Gasteiger partial charge in [0, 0.05) is 42.8 Å². The van der Waals surface area contributed by atoms with Crippen LogP contribution in [0.5, 0.6) is 0 Å². The highest BCUT2D eigenvalue weighted by Gasteiger charge is 2.65. The Morgan fingerprint density at radius 3 is 2.20 bits per heavy atom. The number of carbonyl (C=O) groups is 3. The van der Waals surface area contributed by atoms with Gasteiger partial charge in [-0.3, -0.25) is 29.6 Å². The quantitative estimate of drug-likeness (QED) is 0.376. The summed E-state index contributed by atoms with van der Waals surface area (Å²) >= 11 is 0. The number of halogens is 8. The predicted molar refractivity (Wildman–Crippen MR) is 134 cm³/mol. The molecule has 0 radical (unpaired) electrons. The van der Waals surface area contributed by atoms with E-state index in [0.717, 1.165) is 18.5 Å². The van der Waals surface area contributed by atoms with Gasteiger partial charge in [-0.25, -0.2) is 13.2 Å². The van der Waals surface area contributed by atoms with E-state index in [2.05, 4.69) is 15.6 Å². The second kappa shape index (κ2) is 10.2. The topological polar surface area (TPSA) is 91.4 Å². The molecular weight excluding hydrogens is 588 g/mol. The molecule has 41 heavy (non-hydrogen) atoms. The van der Waals surface area contributed by atoms with Gasteiger partial charge in [-0.1, -0.05) is 19.4 Å². The summed E-state index contributed by atoms with van der Waals surface area (Å²) in [6.07, 6.45) is 0.456. The summed E-state index contributed by atoms with van der Waals surface area (Å²) in [4.78, 5) is 41.3. The van der Waals surface area contributed by atoms with Gasteiger partial charge in [0.15, 0.2) is 0 Å². The Morgan fingerprint density at radius 2 is 1.66 bits per heavy atom. The number of ketones is 1. The fourth-order valence-electron chi connectivity index (χ4n) is 4.84. The van der Waals surface area contributed by atoms with Gasteiger partial charge in [-0.2, -0.15) is 0 Å². The van der Waals surface area contributed by atoms with E-state index in [1.807, 2.05) is 0 Å². The summed E-state index contributed by atoms with van der Waals surface area (Å²) in [5.41, 5.74) is -0.639. The summed E-state index contributed by atoms with van der Waals surface area (Å²) in [6, 6.07) is -1.53. The van der Waals surface area contributed by atoms with Crippen molar-refractivity contribution in [2.45, 2.75) is 67.5 Å². The maximum atomic E-state index is 14.2. The molecule has 1 aromatic heterocycles. The molecule has 2 aromatic rings. The van der Waals surface area contributed by atoms with E-state index in [1.165, 1.54) is 0 Å². The van der Waals surface area contributed by atoms with E-state index in [4.69, 9.17) is 0 Å². The third-order valence-corrected chi connectivity index (χ3v) is 8.13. The number of pyridine rings is 1. The van der Waals surface area contributed by atoms with Crippen molar-refractivity contribution in [1.29, 1.82) is 0 Å². The molecule has 2 unspecified atom stereocenters. The number of nitrogens with zero attached hydrogens (tertiary/aromatic N) is 2. The molecule has 4 rings (SSSR count). The molecule has 1 aliphatic carbocycles. The van der Waals surface area contributed by atoms with Crippen molar-refractivity contribution in [2.75, 3.05) is 11.4 Å². The fraction of sp³-hybridized carbons (Fsp3) is 0.440. The number of piperidine rings is 1. The van der Waals surface area contributed by atoms with Crippen LogP contribution in [0.2, 0.25) is 0 Å². The third-order valence-electron chi connectivity index (χ3n) is 6.97. The summed E-state index contributed by atoms with van der Waals surface area (Å²) in [7, 11) is -10.1. The molecule has 1 aliphatic heterocycles. The number of aromatic nitrogens is 1. The van der Waals surface area contributed by atoms with Crippen LogP contribution >= 0.6 is 10.2 Å². The summed E-state index contributed by atoms with van der Waals surface area (Å²) in [5.74, 6) is -5.98. The number of hydrogen-bond donors (Lipinski definition) is 2. The Labute approximate surface area is 229 Å². The van der Waals surface area contributed by atoms with E-state index in [9.17, 15) is 47.0 Å². The zero-order chi connectivity index (χ0) is 30.3. The molecule has 2 N–H and O–H groups in total. The highest BCUT2D eigenvalue weighted by atomic mass is 32.5. The summed E-state index contributed by atoms with van der Waals surface area (Å²) < 4.78 is 109. The minimum absolute atomic E-state index is 0.0327. The molecule has 2 amide bonds. The van der Waals surface area contributed by atoms with Gasteiger partial charge in [0.1, 0.15) is 22.5 Å². The van der Waals surface area contributed by atoms with Gasteiger partial charge in [0.25, 0.3) is 0 Å². The minimum atomic E-state index is -10.1. The van der Waals surface area contributed by atoms with Crippen molar-refractivity contribution in [1.82, 2.24) is 15.6 Å². The van der Waals surface area contributed by atoms with Crippen LogP contribution in [0, 0.1) is 5.82 Å². The Kier molecular flexibility index (Phi) is 7.65. The van der Waals surface area contributed by atoms with Crippen LogP contribution in [0.4, 0.5) is 38.3 Å². The summed E-state index contributed by atoms with van der Waals surface area (Å²) in [6.45, 7) is -0.220. The van der Waals surface area contributed by atoms with Crippen LogP contribution in [0.25, 0.3) is 0 Å². The SMILES string of the molecule is O=C1CCC(C(=O)N(c2ccc(S(F)(F)(F)(F)F)cc2)C(C(=O)NC2CCC(F)(F)CC2)c2cncc(F)c2)NC1. The normalized spacial score (nSPS) is 22.2. The van der Waals surface area contributed by atoms with Crippen LogP contribution in [-0.2, 0) is 14.4 Å². The third kappa shape index (κ3) is 7.52. The van der Waals surface area contributed by atoms with Gasteiger partial charge >= 0.3 is 10.2 Å². The maximum absolute atomic E-state index is 14.2. The number of Topliss-reactive ketones (excluding diaryl/α,β-unsaturated/α-hetero) is 1. The number of benzene rings is 1. The molecular formula is C25H26F8N4O3S. The Hall–Kier alpha value is -3.27. The molecule has 1 aromatic carbocycles. The van der Waals surface area contributed by atoms with Crippen LogP contribution in [0.3, 0.4) is 0 Å². The largest absolute Gasteiger partial charge is 0.351 e. The molecule has 0 spiro atoms. The average Bonchev–Trinajstić information content (AvgIpc) is 2.87. The molecule has 2 atom stereocenters. The lowest BCUT2D eigenvalue weighted by molar-refractivity contribution is -0.129. The molecule has 2 fully saturated rings. The van der Waals surface area contributed by atoms with Crippen LogP contribution in [0.1, 0.15) is 50.1 Å². The fourth-order valence-corrected chi connectivity index (χ4v) is 5.49. The van der Waals surface area contributed by atoms with Crippen molar-refractivity contribution in [3.8, 4) is 0 Å². The first-order chi connectivity index (χ1) is 18.8. The number of nitrogens with one attached hydrogen (secondary N) is 2. The van der Waals surface area contributed by atoms with Crippen molar-refractivity contribution in [2.24, 2.45) is 0 Å². The van der Waals surface area contributed by atoms with Crippen molar-refractivity contribution >= 4 is 33.5 Å². The number of amides is 2. The second-order valence-electron chi connectivity index (χ2n) is 10.2. The van der Waals surface area contributed by atoms with Crippen LogP contribution in [-0.4, -0.2) is 47.1 Å². The first kappa shape index (κ1) is 30.7. The van der Waals surface area contributed by atoms with E-state index < -0.39 is 75.3 Å². The number of alkyl halides is 2. The van der Waals surface area contributed by atoms with E-state index in [-0.39, 0.29) is 55.7 Å². The lowest BCUT2D eigenvalue weighted by atomic mass is 9.91. The average molecular weight is 615 g/mol. The van der Waals surface area contributed by atoms with Gasteiger partial charge in [-0.05, 0) is 49.6 Å². The lowest BCUT2D eigenvalue weighted by Gasteiger charge is -2.41. The molecule has 2 aliphatic rings. The van der Waals surface area contributed by atoms with Crippen molar-refractivity contribution in [3.05, 3.63) is 54.1 Å². The zero-order valence-electron chi connectivity index (χ0n) is 21.3. The molecule has 1 saturated carbocycles. The monoisotopic (exact) mass is 614 g/mol. The van der Waals surface area contributed by atoms with Crippen LogP contribution < -0.4 is 15.5 Å². The van der Waals surface area contributed by atoms with Gasteiger partial charge in [0.05, 0.1) is 18.8 Å². The minimum Gasteiger partial charge on any atom is -0.351 e. The number of hydrogen-bond acceptors (Lipinski definition) is 5. The Bertz CT molecular complexity index is 1320.